The molecule has 0 aliphatic rings. The Morgan fingerprint density at radius 2 is 2.14 bits per heavy atom. The van der Waals surface area contributed by atoms with Crippen LogP contribution in [-0.4, -0.2) is 29.2 Å². The molecule has 0 amide bonds. The summed E-state index contributed by atoms with van der Waals surface area (Å²) in [4.78, 5) is 0.102. The first-order chi connectivity index (χ1) is 6.61. The van der Waals surface area contributed by atoms with E-state index in [1.54, 1.807) is 0 Å². The number of rotatable bonds is 7. The molecule has 0 spiro atoms. The lowest BCUT2D eigenvalue weighted by atomic mass is 10.3. The Kier molecular flexibility index (Phi) is 6.82. The Hall–Kier alpha value is -1.04. The van der Waals surface area contributed by atoms with E-state index in [4.69, 9.17) is 0 Å². The highest BCUT2D eigenvalue weighted by atomic mass is 16.6. The van der Waals surface area contributed by atoms with Crippen LogP contribution in [0, 0.1) is 10.4 Å². The number of hydrogen-bond donors (Lipinski definition) is 1. The molecule has 0 aliphatic carbocycles. The summed E-state index contributed by atoms with van der Waals surface area (Å²) >= 11 is 0. The predicted octanol–water partition coefficient (Wildman–Crippen LogP) is 1.42. The van der Waals surface area contributed by atoms with Gasteiger partial charge in [-0.25, -0.2) is 0 Å². The largest absolute Gasteiger partial charge is 0.737 e. The third-order valence-electron chi connectivity index (χ3n) is 1.76. The van der Waals surface area contributed by atoms with Gasteiger partial charge in [-0.1, -0.05) is 13.3 Å². The molecule has 0 aromatic rings. The average Bonchev–Trinajstić information content (AvgIpc) is 2.16. The standard InChI is InChI=1S/C8H20N4O2/c1-4-5-6-11(12(14)10-13)7-9-8(2)3/h8-9,13H,4-7H2,1-3H3/p-1/b12-10-. The summed E-state index contributed by atoms with van der Waals surface area (Å²) in [5.74, 6) is 0. The van der Waals surface area contributed by atoms with E-state index in [-0.39, 0.29) is 11.0 Å². The van der Waals surface area contributed by atoms with Crippen molar-refractivity contribution in [3.8, 4) is 0 Å². The maximum atomic E-state index is 11.0. The first-order valence-corrected chi connectivity index (χ1v) is 4.90. The van der Waals surface area contributed by atoms with Gasteiger partial charge in [-0.3, -0.25) is 5.32 Å². The van der Waals surface area contributed by atoms with Crippen LogP contribution < -0.4 is 5.32 Å². The fourth-order valence-corrected chi connectivity index (χ4v) is 0.905. The zero-order valence-electron chi connectivity index (χ0n) is 9.06. The van der Waals surface area contributed by atoms with E-state index in [0.717, 1.165) is 12.8 Å². The van der Waals surface area contributed by atoms with Crippen LogP contribution in [0.4, 0.5) is 0 Å². The summed E-state index contributed by atoms with van der Waals surface area (Å²) in [5, 5.41) is 27.7. The maximum Gasteiger partial charge on any atom is 0.127 e. The van der Waals surface area contributed by atoms with Crippen molar-refractivity contribution >= 4 is 0 Å². The molecule has 0 atom stereocenters. The molecule has 0 aliphatic heterocycles. The highest BCUT2D eigenvalue weighted by molar-refractivity contribution is 4.51. The molecule has 6 heteroatoms. The molecule has 0 unspecified atom stereocenters. The van der Waals surface area contributed by atoms with Crippen molar-refractivity contribution in [3.05, 3.63) is 10.4 Å². The topological polar surface area (TPSA) is 76.8 Å². The number of unbranched alkanes of at least 4 members (excludes halogenated alkanes) is 1. The summed E-state index contributed by atoms with van der Waals surface area (Å²) in [6.07, 6.45) is 1.85. The summed E-state index contributed by atoms with van der Waals surface area (Å²) < 4.78 is 0. The maximum absolute atomic E-state index is 11.0. The third kappa shape index (κ3) is 5.58. The number of hydrazine groups is 1. The Labute approximate surface area is 84.7 Å². The van der Waals surface area contributed by atoms with Gasteiger partial charge in [0.25, 0.3) is 0 Å². The molecule has 1 N–H and O–H groups in total. The monoisotopic (exact) mass is 203 g/mol. The van der Waals surface area contributed by atoms with Crippen molar-refractivity contribution in [2.75, 3.05) is 13.2 Å². The van der Waals surface area contributed by atoms with Crippen molar-refractivity contribution in [2.45, 2.75) is 39.7 Å². The third-order valence-corrected chi connectivity index (χ3v) is 1.76. The Morgan fingerprint density at radius 1 is 1.50 bits per heavy atom. The van der Waals surface area contributed by atoms with Crippen LogP contribution in [-0.2, 0) is 0 Å². The van der Waals surface area contributed by atoms with Crippen molar-refractivity contribution < 1.29 is 4.97 Å². The SMILES string of the molecule is CCCCN(CNC(C)C)/[N+]([O-])=N/[O-]. The van der Waals surface area contributed by atoms with Crippen molar-refractivity contribution in [1.29, 1.82) is 0 Å². The Morgan fingerprint density at radius 3 is 2.57 bits per heavy atom. The van der Waals surface area contributed by atoms with Crippen LogP contribution >= 0.6 is 0 Å². The van der Waals surface area contributed by atoms with Gasteiger partial charge < -0.3 is 10.4 Å². The molecule has 0 saturated heterocycles. The molecule has 0 rings (SSSR count). The molecule has 0 saturated carbocycles. The molecule has 0 aromatic heterocycles. The van der Waals surface area contributed by atoms with Crippen LogP contribution in [0.3, 0.4) is 0 Å². The van der Waals surface area contributed by atoms with Crippen LogP contribution in [0.5, 0.6) is 0 Å². The second kappa shape index (κ2) is 7.37. The van der Waals surface area contributed by atoms with Crippen LogP contribution in [0.15, 0.2) is 5.28 Å². The van der Waals surface area contributed by atoms with Crippen molar-refractivity contribution in [1.82, 2.24) is 10.3 Å². The quantitative estimate of drug-likeness (QED) is 0.294. The predicted molar refractivity (Wildman–Crippen MR) is 54.2 cm³/mol. The molecule has 84 valence electrons. The van der Waals surface area contributed by atoms with E-state index in [1.807, 2.05) is 20.8 Å². The van der Waals surface area contributed by atoms with Gasteiger partial charge >= 0.3 is 0 Å². The minimum atomic E-state index is 0.102. The number of nitrogens with one attached hydrogen (secondary N) is 1. The highest BCUT2D eigenvalue weighted by Crippen LogP contribution is 1.95. The zero-order valence-corrected chi connectivity index (χ0v) is 9.06. The van der Waals surface area contributed by atoms with E-state index in [1.165, 1.54) is 5.01 Å². The van der Waals surface area contributed by atoms with Gasteiger partial charge in [-0.05, 0) is 25.5 Å². The molecule has 6 nitrogen and oxygen atoms in total. The zero-order chi connectivity index (χ0) is 11.0. The lowest BCUT2D eigenvalue weighted by Gasteiger charge is -2.20. The van der Waals surface area contributed by atoms with Crippen molar-refractivity contribution in [3.63, 3.8) is 0 Å². The fourth-order valence-electron chi connectivity index (χ4n) is 0.905. The summed E-state index contributed by atoms with van der Waals surface area (Å²) in [5.41, 5.74) is 0. The molecule has 0 fully saturated rings. The first kappa shape index (κ1) is 13.0. The minimum Gasteiger partial charge on any atom is -0.737 e. The van der Waals surface area contributed by atoms with Gasteiger partial charge in [0.15, 0.2) is 0 Å². The smallest absolute Gasteiger partial charge is 0.127 e. The Bertz CT molecular complexity index is 173. The van der Waals surface area contributed by atoms with Crippen LogP contribution in [0.2, 0.25) is 0 Å². The number of nitrogens with zero attached hydrogens (tertiary/aromatic N) is 3. The lowest BCUT2D eigenvalue weighted by Crippen LogP contribution is -2.41. The molecular formula is C8H19N4O2-. The van der Waals surface area contributed by atoms with E-state index in [0.29, 0.717) is 13.2 Å². The molecule has 14 heavy (non-hydrogen) atoms. The van der Waals surface area contributed by atoms with E-state index >= 15 is 0 Å². The lowest BCUT2D eigenvalue weighted by molar-refractivity contribution is -0.691. The first-order valence-electron chi connectivity index (χ1n) is 4.90. The van der Waals surface area contributed by atoms with E-state index < -0.39 is 0 Å². The molecule has 0 radical (unpaired) electrons. The van der Waals surface area contributed by atoms with Crippen LogP contribution in [0.1, 0.15) is 33.6 Å². The van der Waals surface area contributed by atoms with Gasteiger partial charge in [0.05, 0.1) is 6.54 Å². The van der Waals surface area contributed by atoms with E-state index in [2.05, 4.69) is 10.6 Å². The summed E-state index contributed by atoms with van der Waals surface area (Å²) in [7, 11) is 0. The van der Waals surface area contributed by atoms with Gasteiger partial charge in [-0.15, -0.1) is 5.01 Å². The minimum absolute atomic E-state index is 0.102. The Balaban J connectivity index is 3.97. The normalized spacial score (nSPS) is 12.1. The molecule has 0 aromatic carbocycles. The number of hydrogen-bond acceptors (Lipinski definition) is 4. The summed E-state index contributed by atoms with van der Waals surface area (Å²) in [6.45, 7) is 6.87. The van der Waals surface area contributed by atoms with Crippen LogP contribution in [0.25, 0.3) is 0 Å². The fraction of sp³-hybridized carbons (Fsp3) is 1.00. The highest BCUT2D eigenvalue weighted by Gasteiger charge is 2.10. The van der Waals surface area contributed by atoms with Gasteiger partial charge in [-0.2, -0.15) is 0 Å². The summed E-state index contributed by atoms with van der Waals surface area (Å²) in [6, 6.07) is 0.277. The average molecular weight is 203 g/mol. The second-order valence-corrected chi connectivity index (χ2v) is 3.43. The van der Waals surface area contributed by atoms with Gasteiger partial charge in [0.1, 0.15) is 6.67 Å². The van der Waals surface area contributed by atoms with Crippen molar-refractivity contribution in [2.24, 2.45) is 5.28 Å². The van der Waals surface area contributed by atoms with Gasteiger partial charge in [0, 0.05) is 11.0 Å². The second-order valence-electron chi connectivity index (χ2n) is 3.43. The molecule has 0 heterocycles. The molecule has 0 bridgehead atoms. The molecular weight excluding hydrogens is 184 g/mol. The van der Waals surface area contributed by atoms with Gasteiger partial charge in [0.2, 0.25) is 0 Å². The van der Waals surface area contributed by atoms with E-state index in [9.17, 15) is 10.4 Å².